The standard InChI is InChI=1S/C20H8F10N2O4/c21-17(22,19(25,26)27)5-31-13(33)7-1-2-8-12-10(4-3-9(11(7)12)15(31)35)16(36)32(14(8)34)6-18(23,24)20(28,29)30/h1-4H,5-6H2. The van der Waals surface area contributed by atoms with E-state index >= 15 is 0 Å². The van der Waals surface area contributed by atoms with Gasteiger partial charge in [-0.1, -0.05) is 0 Å². The summed E-state index contributed by atoms with van der Waals surface area (Å²) in [5.74, 6) is -17.5. The van der Waals surface area contributed by atoms with Gasteiger partial charge in [-0.05, 0) is 24.3 Å². The van der Waals surface area contributed by atoms with Crippen LogP contribution in [0.15, 0.2) is 24.3 Å². The minimum atomic E-state index is -6.11. The molecule has 0 aliphatic carbocycles. The van der Waals surface area contributed by atoms with Crippen LogP contribution < -0.4 is 0 Å². The quantitative estimate of drug-likeness (QED) is 0.434. The van der Waals surface area contributed by atoms with E-state index in [4.69, 9.17) is 0 Å². The van der Waals surface area contributed by atoms with Gasteiger partial charge >= 0.3 is 24.2 Å². The Morgan fingerprint density at radius 3 is 0.889 bits per heavy atom. The maximum atomic E-state index is 13.6. The van der Waals surface area contributed by atoms with Crippen molar-refractivity contribution in [3.63, 3.8) is 0 Å². The van der Waals surface area contributed by atoms with E-state index in [0.29, 0.717) is 24.3 Å². The first-order valence-electron chi connectivity index (χ1n) is 9.51. The van der Waals surface area contributed by atoms with Crippen LogP contribution in [0.2, 0.25) is 0 Å². The van der Waals surface area contributed by atoms with Crippen LogP contribution in [0.4, 0.5) is 43.9 Å². The van der Waals surface area contributed by atoms with Gasteiger partial charge in [-0.25, -0.2) is 0 Å². The molecule has 2 aliphatic rings. The second-order valence-corrected chi connectivity index (χ2v) is 7.87. The number of alkyl halides is 10. The highest BCUT2D eigenvalue weighted by atomic mass is 19.4. The monoisotopic (exact) mass is 530 g/mol. The zero-order valence-corrected chi connectivity index (χ0v) is 17.0. The number of benzene rings is 2. The lowest BCUT2D eigenvalue weighted by molar-refractivity contribution is -0.283. The highest BCUT2D eigenvalue weighted by Gasteiger charge is 2.61. The topological polar surface area (TPSA) is 74.8 Å². The molecule has 0 N–H and O–H groups in total. The number of hydrogen-bond acceptors (Lipinski definition) is 4. The predicted octanol–water partition coefficient (Wildman–Crippen LogP) is 4.43. The number of nitrogens with zero attached hydrogens (tertiary/aromatic N) is 2. The van der Waals surface area contributed by atoms with Crippen LogP contribution in [0.25, 0.3) is 10.8 Å². The largest absolute Gasteiger partial charge is 0.455 e. The van der Waals surface area contributed by atoms with Gasteiger partial charge in [0.05, 0.1) is 0 Å². The lowest BCUT2D eigenvalue weighted by atomic mass is 9.85. The molecule has 2 aromatic rings. The van der Waals surface area contributed by atoms with E-state index in [1.54, 1.807) is 0 Å². The van der Waals surface area contributed by atoms with Gasteiger partial charge in [-0.3, -0.25) is 29.0 Å². The van der Waals surface area contributed by atoms with Crippen LogP contribution in [0, 0.1) is 0 Å². The highest BCUT2D eigenvalue weighted by Crippen LogP contribution is 2.42. The summed E-state index contributed by atoms with van der Waals surface area (Å²) in [6, 6.07) is 2.80. The van der Waals surface area contributed by atoms with Gasteiger partial charge in [0.2, 0.25) is 0 Å². The fourth-order valence-corrected chi connectivity index (χ4v) is 3.84. The number of hydrogen-bond donors (Lipinski definition) is 0. The Labute approximate surface area is 192 Å². The van der Waals surface area contributed by atoms with Crippen LogP contribution in [-0.4, -0.2) is 70.7 Å². The van der Waals surface area contributed by atoms with Crippen molar-refractivity contribution in [2.45, 2.75) is 24.2 Å². The molecule has 0 atom stereocenters. The number of carbonyl (C=O) groups is 4. The van der Waals surface area contributed by atoms with Crippen molar-refractivity contribution in [3.8, 4) is 0 Å². The minimum absolute atomic E-state index is 0.379. The first-order chi connectivity index (χ1) is 16.3. The van der Waals surface area contributed by atoms with Crippen LogP contribution in [-0.2, 0) is 0 Å². The van der Waals surface area contributed by atoms with Gasteiger partial charge in [0.25, 0.3) is 23.6 Å². The second-order valence-electron chi connectivity index (χ2n) is 7.87. The summed E-state index contributed by atoms with van der Waals surface area (Å²) >= 11 is 0. The summed E-state index contributed by atoms with van der Waals surface area (Å²) in [5, 5.41) is -1.04. The van der Waals surface area contributed by atoms with Crippen molar-refractivity contribution in [2.24, 2.45) is 0 Å². The van der Waals surface area contributed by atoms with Crippen molar-refractivity contribution >= 4 is 34.4 Å². The zero-order valence-electron chi connectivity index (χ0n) is 17.0. The average Bonchev–Trinajstić information content (AvgIpc) is 2.74. The Kier molecular flexibility index (Phi) is 5.21. The molecule has 0 spiro atoms. The molecule has 192 valence electrons. The number of rotatable bonds is 4. The molecular formula is C20H8F10N2O4. The molecular weight excluding hydrogens is 522 g/mol. The van der Waals surface area contributed by atoms with Gasteiger partial charge in [-0.2, -0.15) is 43.9 Å². The van der Waals surface area contributed by atoms with Crippen molar-refractivity contribution in [1.82, 2.24) is 9.80 Å². The summed E-state index contributed by atoms with van der Waals surface area (Å²) < 4.78 is 130. The van der Waals surface area contributed by atoms with Gasteiger partial charge < -0.3 is 0 Å². The maximum absolute atomic E-state index is 13.6. The molecule has 0 fully saturated rings. The molecule has 4 rings (SSSR count). The number of imide groups is 2. The van der Waals surface area contributed by atoms with E-state index in [9.17, 15) is 63.1 Å². The fourth-order valence-electron chi connectivity index (χ4n) is 3.84. The van der Waals surface area contributed by atoms with Gasteiger partial charge in [0.1, 0.15) is 13.1 Å². The van der Waals surface area contributed by atoms with Crippen LogP contribution >= 0.6 is 0 Å². The van der Waals surface area contributed by atoms with Gasteiger partial charge in [0, 0.05) is 33.0 Å². The summed E-state index contributed by atoms with van der Waals surface area (Å²) in [5.41, 5.74) is -2.67. The smallest absolute Gasteiger partial charge is 0.269 e. The molecule has 2 aliphatic heterocycles. The summed E-state index contributed by atoms with van der Waals surface area (Å²) in [4.78, 5) is 49.9. The molecule has 0 bridgehead atoms. The molecule has 6 nitrogen and oxygen atoms in total. The molecule has 36 heavy (non-hydrogen) atoms. The molecule has 0 aromatic heterocycles. The third kappa shape index (κ3) is 3.49. The van der Waals surface area contributed by atoms with Crippen LogP contribution in [0.5, 0.6) is 0 Å². The van der Waals surface area contributed by atoms with E-state index < -0.39 is 93.9 Å². The molecule has 0 unspecified atom stereocenters. The fraction of sp³-hybridized carbons (Fsp3) is 0.300. The molecule has 2 heterocycles. The third-order valence-corrected chi connectivity index (χ3v) is 5.61. The van der Waals surface area contributed by atoms with Crippen molar-refractivity contribution in [2.75, 3.05) is 13.1 Å². The first-order valence-corrected chi connectivity index (χ1v) is 9.51. The Balaban J connectivity index is 1.83. The van der Waals surface area contributed by atoms with E-state index in [0.717, 1.165) is 0 Å². The summed E-state index contributed by atoms with van der Waals surface area (Å²) in [6.45, 7) is -4.76. The summed E-state index contributed by atoms with van der Waals surface area (Å²) in [7, 11) is 0. The Morgan fingerprint density at radius 2 is 0.694 bits per heavy atom. The first kappa shape index (κ1) is 25.4. The van der Waals surface area contributed by atoms with E-state index in [2.05, 4.69) is 0 Å². The van der Waals surface area contributed by atoms with Crippen LogP contribution in [0.3, 0.4) is 0 Å². The maximum Gasteiger partial charge on any atom is 0.455 e. The summed E-state index contributed by atoms with van der Waals surface area (Å²) in [6.07, 6.45) is -12.2. The number of carbonyl (C=O) groups excluding carboxylic acids is 4. The highest BCUT2D eigenvalue weighted by molar-refractivity contribution is 6.33. The minimum Gasteiger partial charge on any atom is -0.269 e. The molecule has 2 aromatic carbocycles. The van der Waals surface area contributed by atoms with Crippen LogP contribution in [0.1, 0.15) is 41.4 Å². The van der Waals surface area contributed by atoms with E-state index in [1.807, 2.05) is 0 Å². The molecule has 4 amide bonds. The second kappa shape index (κ2) is 7.39. The Bertz CT molecular complexity index is 1190. The molecule has 16 heteroatoms. The Morgan fingerprint density at radius 1 is 0.472 bits per heavy atom. The lowest BCUT2D eigenvalue weighted by Gasteiger charge is -2.34. The number of amides is 4. The third-order valence-electron chi connectivity index (χ3n) is 5.61. The van der Waals surface area contributed by atoms with Gasteiger partial charge in [0.15, 0.2) is 0 Å². The van der Waals surface area contributed by atoms with E-state index in [-0.39, 0.29) is 9.80 Å². The molecule has 0 saturated carbocycles. The van der Waals surface area contributed by atoms with Crippen molar-refractivity contribution in [1.29, 1.82) is 0 Å². The van der Waals surface area contributed by atoms with Crippen molar-refractivity contribution in [3.05, 3.63) is 46.5 Å². The predicted molar refractivity (Wildman–Crippen MR) is 96.7 cm³/mol. The van der Waals surface area contributed by atoms with E-state index in [1.165, 1.54) is 0 Å². The molecule has 0 saturated heterocycles. The number of halogens is 10. The SMILES string of the molecule is O=C1c2ccc3c4c(ccc(c24)C(=O)N1CC(F)(F)C(F)(F)F)C(=O)N(CC(F)(F)C(F)(F)F)C3=O. The zero-order chi connectivity index (χ0) is 27.2. The molecule has 0 radical (unpaired) electrons. The average molecular weight is 530 g/mol. The Hall–Kier alpha value is -3.72. The lowest BCUT2D eigenvalue weighted by Crippen LogP contribution is -2.53. The normalized spacial score (nSPS) is 16.9. The van der Waals surface area contributed by atoms with Crippen molar-refractivity contribution < 1.29 is 63.1 Å². The van der Waals surface area contributed by atoms with Gasteiger partial charge in [-0.15, -0.1) is 0 Å².